The van der Waals surface area contributed by atoms with Crippen molar-refractivity contribution in [2.75, 3.05) is 5.73 Å². The summed E-state index contributed by atoms with van der Waals surface area (Å²) < 4.78 is 0. The predicted octanol–water partition coefficient (Wildman–Crippen LogP) is 1.33. The minimum atomic E-state index is -0.445. The highest BCUT2D eigenvalue weighted by molar-refractivity contribution is 5.79. The first-order valence-electron chi connectivity index (χ1n) is 6.13. The van der Waals surface area contributed by atoms with Crippen molar-refractivity contribution in [2.45, 2.75) is 6.42 Å². The standard InChI is InChI=1S/C13H11N5O3/c14-13-16-10-8(6-15-11(10)12(19)17-13)4-7-2-1-3-9(5-7)18(20)21/h1-3,5-6,15H,4H2,(H3,14,16,17,19). The number of fused-ring (bicyclic) bond motifs is 1. The van der Waals surface area contributed by atoms with Gasteiger partial charge in [0.05, 0.1) is 4.92 Å². The number of nitro groups is 1. The Kier molecular flexibility index (Phi) is 2.90. The zero-order chi connectivity index (χ0) is 15.0. The van der Waals surface area contributed by atoms with E-state index in [2.05, 4.69) is 15.0 Å². The minimum Gasteiger partial charge on any atom is -0.369 e. The lowest BCUT2D eigenvalue weighted by Gasteiger charge is -2.00. The van der Waals surface area contributed by atoms with E-state index in [-0.39, 0.29) is 17.2 Å². The number of nitrogens with zero attached hydrogens (tertiary/aromatic N) is 2. The van der Waals surface area contributed by atoms with E-state index < -0.39 is 4.92 Å². The molecule has 2 heterocycles. The van der Waals surface area contributed by atoms with E-state index in [1.807, 2.05) is 0 Å². The Bertz CT molecular complexity index is 896. The predicted molar refractivity (Wildman–Crippen MR) is 77.0 cm³/mol. The first kappa shape index (κ1) is 12.9. The molecule has 0 saturated carbocycles. The first-order chi connectivity index (χ1) is 10.0. The van der Waals surface area contributed by atoms with Crippen LogP contribution in [0.2, 0.25) is 0 Å². The molecule has 0 fully saturated rings. The van der Waals surface area contributed by atoms with Crippen LogP contribution >= 0.6 is 0 Å². The molecular weight excluding hydrogens is 274 g/mol. The van der Waals surface area contributed by atoms with Crippen LogP contribution in [0.5, 0.6) is 0 Å². The van der Waals surface area contributed by atoms with Crippen molar-refractivity contribution < 1.29 is 4.92 Å². The van der Waals surface area contributed by atoms with Gasteiger partial charge < -0.3 is 10.7 Å². The number of nitrogen functional groups attached to an aromatic ring is 1. The number of rotatable bonds is 3. The second-order valence-corrected chi connectivity index (χ2v) is 4.59. The summed E-state index contributed by atoms with van der Waals surface area (Å²) in [6, 6.07) is 6.33. The lowest BCUT2D eigenvalue weighted by Crippen LogP contribution is -2.11. The summed E-state index contributed by atoms with van der Waals surface area (Å²) in [5.41, 5.74) is 7.54. The van der Waals surface area contributed by atoms with Crippen molar-refractivity contribution in [3.8, 4) is 0 Å². The van der Waals surface area contributed by atoms with Gasteiger partial charge in [0.15, 0.2) is 0 Å². The molecular formula is C13H11N5O3. The summed E-state index contributed by atoms with van der Waals surface area (Å²) in [6.07, 6.45) is 2.07. The third-order valence-electron chi connectivity index (χ3n) is 3.15. The smallest absolute Gasteiger partial charge is 0.276 e. The van der Waals surface area contributed by atoms with Gasteiger partial charge in [0.25, 0.3) is 11.2 Å². The normalized spacial score (nSPS) is 10.9. The Balaban J connectivity index is 2.04. The number of H-pyrrole nitrogens is 2. The number of non-ortho nitro benzene ring substituents is 1. The van der Waals surface area contributed by atoms with Gasteiger partial charge >= 0.3 is 0 Å². The summed E-state index contributed by atoms with van der Waals surface area (Å²) in [5, 5.41) is 10.8. The van der Waals surface area contributed by atoms with Gasteiger partial charge in [-0.25, -0.2) is 4.98 Å². The van der Waals surface area contributed by atoms with Gasteiger partial charge in [-0.3, -0.25) is 19.9 Å². The number of nitro benzene ring substituents is 1. The summed E-state index contributed by atoms with van der Waals surface area (Å²) in [7, 11) is 0. The van der Waals surface area contributed by atoms with Gasteiger partial charge in [0.1, 0.15) is 11.0 Å². The maximum absolute atomic E-state index is 11.7. The maximum atomic E-state index is 11.7. The molecule has 1 aromatic carbocycles. The van der Waals surface area contributed by atoms with Crippen LogP contribution in [0.4, 0.5) is 11.6 Å². The van der Waals surface area contributed by atoms with Crippen LogP contribution in [0.15, 0.2) is 35.3 Å². The zero-order valence-corrected chi connectivity index (χ0v) is 10.8. The minimum absolute atomic E-state index is 0.0256. The van der Waals surface area contributed by atoms with Crippen molar-refractivity contribution in [2.24, 2.45) is 0 Å². The molecule has 0 unspecified atom stereocenters. The molecule has 0 bridgehead atoms. The fraction of sp³-hybridized carbons (Fsp3) is 0.0769. The van der Waals surface area contributed by atoms with Gasteiger partial charge in [-0.2, -0.15) is 0 Å². The lowest BCUT2D eigenvalue weighted by atomic mass is 10.1. The SMILES string of the molecule is Nc1nc2c(Cc3cccc([N+](=O)[O-])c3)c[nH]c2c(=O)[nH]1. The Labute approximate surface area is 117 Å². The topological polar surface area (TPSA) is 131 Å². The van der Waals surface area contributed by atoms with Crippen LogP contribution in [0, 0.1) is 10.1 Å². The highest BCUT2D eigenvalue weighted by Gasteiger charge is 2.12. The van der Waals surface area contributed by atoms with E-state index in [0.29, 0.717) is 17.5 Å². The van der Waals surface area contributed by atoms with E-state index >= 15 is 0 Å². The van der Waals surface area contributed by atoms with Crippen molar-refractivity contribution >= 4 is 22.7 Å². The molecule has 3 rings (SSSR count). The average Bonchev–Trinajstić information content (AvgIpc) is 2.82. The molecule has 0 saturated heterocycles. The molecule has 106 valence electrons. The highest BCUT2D eigenvalue weighted by atomic mass is 16.6. The molecule has 0 spiro atoms. The fourth-order valence-corrected chi connectivity index (χ4v) is 2.22. The van der Waals surface area contributed by atoms with Gasteiger partial charge in [0.2, 0.25) is 5.95 Å². The number of hydrogen-bond donors (Lipinski definition) is 3. The second-order valence-electron chi connectivity index (χ2n) is 4.59. The first-order valence-corrected chi connectivity index (χ1v) is 6.13. The van der Waals surface area contributed by atoms with E-state index in [1.54, 1.807) is 18.3 Å². The van der Waals surface area contributed by atoms with Crippen molar-refractivity contribution in [1.82, 2.24) is 15.0 Å². The highest BCUT2D eigenvalue weighted by Crippen LogP contribution is 2.20. The van der Waals surface area contributed by atoms with Gasteiger partial charge in [-0.05, 0) is 5.56 Å². The van der Waals surface area contributed by atoms with Crippen LogP contribution < -0.4 is 11.3 Å². The lowest BCUT2D eigenvalue weighted by molar-refractivity contribution is -0.384. The number of aromatic amines is 2. The van der Waals surface area contributed by atoms with E-state index in [4.69, 9.17) is 5.73 Å². The second kappa shape index (κ2) is 4.75. The molecule has 3 aromatic rings. The Morgan fingerprint density at radius 2 is 2.19 bits per heavy atom. The Morgan fingerprint density at radius 3 is 2.95 bits per heavy atom. The van der Waals surface area contributed by atoms with Crippen LogP contribution in [0.3, 0.4) is 0 Å². The van der Waals surface area contributed by atoms with Crippen molar-refractivity contribution in [1.29, 1.82) is 0 Å². The number of anilines is 1. The number of benzene rings is 1. The molecule has 21 heavy (non-hydrogen) atoms. The largest absolute Gasteiger partial charge is 0.369 e. The Hall–Kier alpha value is -3.16. The summed E-state index contributed by atoms with van der Waals surface area (Å²) in [6.45, 7) is 0. The molecule has 0 aliphatic heterocycles. The van der Waals surface area contributed by atoms with Gasteiger partial charge in [-0.15, -0.1) is 0 Å². The number of aromatic nitrogens is 3. The molecule has 8 nitrogen and oxygen atoms in total. The van der Waals surface area contributed by atoms with Crippen LogP contribution in [-0.2, 0) is 6.42 Å². The molecule has 4 N–H and O–H groups in total. The molecule has 0 amide bonds. The third kappa shape index (κ3) is 2.34. The third-order valence-corrected chi connectivity index (χ3v) is 3.15. The van der Waals surface area contributed by atoms with Crippen molar-refractivity contribution in [3.05, 3.63) is 62.1 Å². The van der Waals surface area contributed by atoms with E-state index in [0.717, 1.165) is 11.1 Å². The van der Waals surface area contributed by atoms with Crippen LogP contribution in [-0.4, -0.2) is 19.9 Å². The summed E-state index contributed by atoms with van der Waals surface area (Å²) >= 11 is 0. The van der Waals surface area contributed by atoms with Gasteiger partial charge in [-0.1, -0.05) is 12.1 Å². The monoisotopic (exact) mass is 285 g/mol. The quantitative estimate of drug-likeness (QED) is 0.493. The average molecular weight is 285 g/mol. The van der Waals surface area contributed by atoms with E-state index in [1.165, 1.54) is 12.1 Å². The molecule has 2 aromatic heterocycles. The fourth-order valence-electron chi connectivity index (χ4n) is 2.22. The van der Waals surface area contributed by atoms with E-state index in [9.17, 15) is 14.9 Å². The molecule has 0 radical (unpaired) electrons. The van der Waals surface area contributed by atoms with Crippen molar-refractivity contribution in [3.63, 3.8) is 0 Å². The van der Waals surface area contributed by atoms with Crippen LogP contribution in [0.1, 0.15) is 11.1 Å². The van der Waals surface area contributed by atoms with Gasteiger partial charge in [0, 0.05) is 30.3 Å². The molecule has 0 aliphatic rings. The molecule has 0 atom stereocenters. The molecule has 8 heteroatoms. The number of nitrogens with two attached hydrogens (primary N) is 1. The summed E-state index contributed by atoms with van der Waals surface area (Å²) in [5.74, 6) is 0.0346. The van der Waals surface area contributed by atoms with Crippen LogP contribution in [0.25, 0.3) is 11.0 Å². The number of hydrogen-bond acceptors (Lipinski definition) is 5. The molecule has 0 aliphatic carbocycles. The Morgan fingerprint density at radius 1 is 1.38 bits per heavy atom. The summed E-state index contributed by atoms with van der Waals surface area (Å²) in [4.78, 5) is 31.4. The number of nitrogens with one attached hydrogen (secondary N) is 2. The maximum Gasteiger partial charge on any atom is 0.276 e. The zero-order valence-electron chi connectivity index (χ0n) is 10.8.